The number of ketones is 1. The minimum atomic E-state index is -0.352. The van der Waals surface area contributed by atoms with Crippen molar-refractivity contribution in [3.63, 3.8) is 0 Å². The Morgan fingerprint density at radius 1 is 1.09 bits per heavy atom. The molecule has 2 aromatic carbocycles. The minimum Gasteiger partial charge on any atom is -0.457 e. The van der Waals surface area contributed by atoms with Gasteiger partial charge in [0.2, 0.25) is 5.95 Å². The van der Waals surface area contributed by atoms with Crippen LogP contribution >= 0.6 is 0 Å². The standard InChI is InChI=1S/C25H25FN4O3/c1-30-23-11-10-17(15-21(23)29-25(30)28-20-8-4-3-7-19(20)26)33-18-12-13-27-22(16-18)24(31)9-5-6-14-32-2/h3-4,7-8,10-13,15-16H,5-6,9,14H2,1-2H3,(H,28,29). The molecule has 0 radical (unpaired) electrons. The molecule has 33 heavy (non-hydrogen) atoms. The summed E-state index contributed by atoms with van der Waals surface area (Å²) < 4.78 is 26.8. The van der Waals surface area contributed by atoms with Gasteiger partial charge in [-0.3, -0.25) is 9.78 Å². The fraction of sp³-hybridized carbons (Fsp3) is 0.240. The molecule has 0 aliphatic heterocycles. The molecule has 1 N–H and O–H groups in total. The average Bonchev–Trinajstić information content (AvgIpc) is 3.13. The molecule has 0 saturated carbocycles. The smallest absolute Gasteiger partial charge is 0.208 e. The SMILES string of the molecule is COCCCCC(=O)c1cc(Oc2ccc3c(c2)nc(Nc2ccccc2F)n3C)ccn1. The van der Waals surface area contributed by atoms with Crippen molar-refractivity contribution in [2.45, 2.75) is 19.3 Å². The third-order valence-electron chi connectivity index (χ3n) is 5.23. The summed E-state index contributed by atoms with van der Waals surface area (Å²) in [6.07, 6.45) is 3.56. The summed E-state index contributed by atoms with van der Waals surface area (Å²) in [5, 5.41) is 3.03. The number of para-hydroxylation sites is 1. The Labute approximate surface area is 191 Å². The number of fused-ring (bicyclic) bond motifs is 1. The van der Waals surface area contributed by atoms with Crippen LogP contribution in [0.15, 0.2) is 60.8 Å². The van der Waals surface area contributed by atoms with E-state index in [0.29, 0.717) is 47.4 Å². The molecule has 0 atom stereocenters. The summed E-state index contributed by atoms with van der Waals surface area (Å²) in [6.45, 7) is 0.636. The highest BCUT2D eigenvalue weighted by Crippen LogP contribution is 2.28. The predicted molar refractivity (Wildman–Crippen MR) is 125 cm³/mol. The van der Waals surface area contributed by atoms with Crippen LogP contribution in [0.4, 0.5) is 16.0 Å². The summed E-state index contributed by atoms with van der Waals surface area (Å²) >= 11 is 0. The largest absolute Gasteiger partial charge is 0.457 e. The molecule has 0 aliphatic carbocycles. The van der Waals surface area contributed by atoms with Crippen LogP contribution in [0.25, 0.3) is 11.0 Å². The number of hydrogen-bond acceptors (Lipinski definition) is 6. The second-order valence-electron chi connectivity index (χ2n) is 7.60. The van der Waals surface area contributed by atoms with E-state index >= 15 is 0 Å². The molecule has 8 heteroatoms. The fourth-order valence-electron chi connectivity index (χ4n) is 3.46. The van der Waals surface area contributed by atoms with Crippen molar-refractivity contribution in [1.82, 2.24) is 14.5 Å². The highest BCUT2D eigenvalue weighted by molar-refractivity contribution is 5.94. The molecular formula is C25H25FN4O3. The number of benzene rings is 2. The van der Waals surface area contributed by atoms with Gasteiger partial charge < -0.3 is 19.4 Å². The van der Waals surface area contributed by atoms with Gasteiger partial charge in [0.1, 0.15) is 23.0 Å². The summed E-state index contributed by atoms with van der Waals surface area (Å²) in [5.74, 6) is 1.22. The molecule has 0 amide bonds. The second-order valence-corrected chi connectivity index (χ2v) is 7.60. The van der Waals surface area contributed by atoms with E-state index in [1.165, 1.54) is 6.07 Å². The van der Waals surface area contributed by atoms with Gasteiger partial charge in [-0.15, -0.1) is 0 Å². The van der Waals surface area contributed by atoms with Crippen molar-refractivity contribution >= 4 is 28.5 Å². The van der Waals surface area contributed by atoms with Crippen molar-refractivity contribution in [2.75, 3.05) is 19.0 Å². The van der Waals surface area contributed by atoms with Gasteiger partial charge in [-0.1, -0.05) is 12.1 Å². The number of Topliss-reactive ketones (excluding diaryl/α,β-unsaturated/α-hetero) is 1. The van der Waals surface area contributed by atoms with E-state index in [2.05, 4.69) is 15.3 Å². The first-order valence-corrected chi connectivity index (χ1v) is 10.7. The fourth-order valence-corrected chi connectivity index (χ4v) is 3.46. The molecule has 0 spiro atoms. The summed E-state index contributed by atoms with van der Waals surface area (Å²) in [7, 11) is 3.50. The van der Waals surface area contributed by atoms with E-state index < -0.39 is 0 Å². The molecular weight excluding hydrogens is 423 g/mol. The van der Waals surface area contributed by atoms with Crippen molar-refractivity contribution in [2.24, 2.45) is 7.05 Å². The molecule has 0 unspecified atom stereocenters. The Morgan fingerprint density at radius 2 is 1.91 bits per heavy atom. The van der Waals surface area contributed by atoms with Crippen molar-refractivity contribution in [3.05, 3.63) is 72.3 Å². The Kier molecular flexibility index (Phi) is 6.95. The minimum absolute atomic E-state index is 0.0272. The molecule has 170 valence electrons. The molecule has 0 fully saturated rings. The van der Waals surface area contributed by atoms with E-state index in [9.17, 15) is 9.18 Å². The number of unbranched alkanes of at least 4 members (excludes halogenated alkanes) is 1. The third-order valence-corrected chi connectivity index (χ3v) is 5.23. The van der Waals surface area contributed by atoms with Gasteiger partial charge in [-0.25, -0.2) is 9.37 Å². The number of methoxy groups -OCH3 is 1. The zero-order valence-electron chi connectivity index (χ0n) is 18.5. The molecule has 0 saturated heterocycles. The lowest BCUT2D eigenvalue weighted by Crippen LogP contribution is -2.03. The Morgan fingerprint density at radius 3 is 2.73 bits per heavy atom. The first kappa shape index (κ1) is 22.4. The third kappa shape index (κ3) is 5.35. The number of aromatic nitrogens is 3. The monoisotopic (exact) mass is 448 g/mol. The molecule has 0 bridgehead atoms. The van der Waals surface area contributed by atoms with Crippen LogP contribution in [0, 0.1) is 5.82 Å². The van der Waals surface area contributed by atoms with Gasteiger partial charge in [0.25, 0.3) is 0 Å². The van der Waals surface area contributed by atoms with Crippen LogP contribution in [0.3, 0.4) is 0 Å². The summed E-state index contributed by atoms with van der Waals surface area (Å²) in [6, 6.07) is 15.3. The molecule has 4 aromatic rings. The Bertz CT molecular complexity index is 1270. The zero-order chi connectivity index (χ0) is 23.2. The highest BCUT2D eigenvalue weighted by atomic mass is 19.1. The number of carbonyl (C=O) groups is 1. The highest BCUT2D eigenvalue weighted by Gasteiger charge is 2.12. The van der Waals surface area contributed by atoms with E-state index in [-0.39, 0.29) is 11.6 Å². The van der Waals surface area contributed by atoms with Crippen LogP contribution in [-0.2, 0) is 11.8 Å². The molecule has 0 aliphatic rings. The van der Waals surface area contributed by atoms with Gasteiger partial charge in [0.05, 0.1) is 16.7 Å². The predicted octanol–water partition coefficient (Wildman–Crippen LogP) is 5.64. The lowest BCUT2D eigenvalue weighted by molar-refractivity contribution is 0.0969. The van der Waals surface area contributed by atoms with Crippen LogP contribution < -0.4 is 10.1 Å². The summed E-state index contributed by atoms with van der Waals surface area (Å²) in [4.78, 5) is 21.1. The van der Waals surface area contributed by atoms with E-state index in [1.807, 2.05) is 23.7 Å². The lowest BCUT2D eigenvalue weighted by Gasteiger charge is -2.08. The Balaban J connectivity index is 1.49. The first-order valence-electron chi connectivity index (χ1n) is 10.7. The molecule has 2 aromatic heterocycles. The topological polar surface area (TPSA) is 78.3 Å². The molecule has 7 nitrogen and oxygen atoms in total. The Hall–Kier alpha value is -3.78. The van der Waals surface area contributed by atoms with E-state index in [0.717, 1.165) is 18.4 Å². The lowest BCUT2D eigenvalue weighted by atomic mass is 10.1. The second kappa shape index (κ2) is 10.2. The zero-order valence-corrected chi connectivity index (χ0v) is 18.5. The number of ether oxygens (including phenoxy) is 2. The quantitative estimate of drug-likeness (QED) is 0.250. The maximum atomic E-state index is 14.0. The van der Waals surface area contributed by atoms with Gasteiger partial charge in [-0.05, 0) is 43.2 Å². The number of nitrogens with one attached hydrogen (secondary N) is 1. The number of aryl methyl sites for hydroxylation is 1. The van der Waals surface area contributed by atoms with Gasteiger partial charge in [-0.2, -0.15) is 0 Å². The van der Waals surface area contributed by atoms with Gasteiger partial charge in [0, 0.05) is 45.5 Å². The number of halogens is 1. The van der Waals surface area contributed by atoms with Gasteiger partial charge in [0.15, 0.2) is 5.78 Å². The van der Waals surface area contributed by atoms with Crippen LogP contribution in [-0.4, -0.2) is 34.0 Å². The summed E-state index contributed by atoms with van der Waals surface area (Å²) in [5.41, 5.74) is 2.28. The first-order chi connectivity index (χ1) is 16.0. The van der Waals surface area contributed by atoms with Crippen molar-refractivity contribution < 1.29 is 18.7 Å². The van der Waals surface area contributed by atoms with Gasteiger partial charge >= 0.3 is 0 Å². The number of pyridine rings is 1. The number of nitrogens with zero attached hydrogens (tertiary/aromatic N) is 3. The van der Waals surface area contributed by atoms with E-state index in [4.69, 9.17) is 9.47 Å². The number of anilines is 2. The number of carbonyl (C=O) groups excluding carboxylic acids is 1. The number of rotatable bonds is 10. The molecule has 2 heterocycles. The van der Waals surface area contributed by atoms with Crippen molar-refractivity contribution in [1.29, 1.82) is 0 Å². The van der Waals surface area contributed by atoms with Crippen LogP contribution in [0.5, 0.6) is 11.5 Å². The normalized spacial score (nSPS) is 11.0. The molecule has 4 rings (SSSR count). The van der Waals surface area contributed by atoms with E-state index in [1.54, 1.807) is 49.7 Å². The maximum Gasteiger partial charge on any atom is 0.208 e. The maximum absolute atomic E-state index is 14.0. The van der Waals surface area contributed by atoms with Crippen LogP contribution in [0.2, 0.25) is 0 Å². The van der Waals surface area contributed by atoms with Crippen LogP contribution in [0.1, 0.15) is 29.8 Å². The number of imidazole rings is 1. The number of hydrogen-bond donors (Lipinski definition) is 1. The van der Waals surface area contributed by atoms with Crippen molar-refractivity contribution in [3.8, 4) is 11.5 Å². The average molecular weight is 448 g/mol.